The molecule has 2 aliphatic heterocycles. The number of carbonyl (C=O) groups is 2. The van der Waals surface area contributed by atoms with E-state index in [4.69, 9.17) is 5.73 Å². The molecular weight excluding hydrogens is 456 g/mol. The van der Waals surface area contributed by atoms with E-state index in [2.05, 4.69) is 18.8 Å². The molecule has 0 radical (unpaired) electrons. The van der Waals surface area contributed by atoms with Crippen molar-refractivity contribution in [2.45, 2.75) is 45.3 Å². The van der Waals surface area contributed by atoms with Crippen molar-refractivity contribution in [2.24, 2.45) is 10.7 Å². The largest absolute Gasteiger partial charge is 0.388 e. The molecule has 2 aromatic carbocycles. The zero-order valence-electron chi connectivity index (χ0n) is 20.9. The van der Waals surface area contributed by atoms with Gasteiger partial charge in [-0.3, -0.25) is 9.59 Å². The van der Waals surface area contributed by atoms with Gasteiger partial charge in [-0.25, -0.2) is 4.99 Å². The molecular formula is C28H34N4O4. The molecule has 190 valence electrons. The Labute approximate surface area is 211 Å². The number of nitrogens with zero attached hydrogens (tertiary/aromatic N) is 3. The van der Waals surface area contributed by atoms with Gasteiger partial charge in [0.25, 0.3) is 5.91 Å². The number of benzene rings is 2. The molecule has 1 fully saturated rings. The van der Waals surface area contributed by atoms with Gasteiger partial charge < -0.3 is 25.7 Å². The third kappa shape index (κ3) is 5.50. The van der Waals surface area contributed by atoms with Crippen LogP contribution in [0.5, 0.6) is 0 Å². The van der Waals surface area contributed by atoms with E-state index >= 15 is 0 Å². The Bertz CT molecular complexity index is 1170. The number of rotatable bonds is 7. The number of fused-ring (bicyclic) bond motifs is 1. The predicted octanol–water partition coefficient (Wildman–Crippen LogP) is 2.96. The quantitative estimate of drug-likeness (QED) is 0.551. The second-order valence-electron chi connectivity index (χ2n) is 9.44. The maximum atomic E-state index is 13.2. The lowest BCUT2D eigenvalue weighted by molar-refractivity contribution is -0.127. The number of β-amino-alcohol motifs (C(OH)–C–C–N with tert-alkyl or cyclic N) is 2. The first-order valence-electron chi connectivity index (χ1n) is 12.5. The van der Waals surface area contributed by atoms with Crippen LogP contribution in [0.25, 0.3) is 17.2 Å². The highest BCUT2D eigenvalue weighted by molar-refractivity contribution is 6.05. The number of aliphatic imine (C=N–C) groups is 1. The molecule has 2 atom stereocenters. The van der Waals surface area contributed by atoms with Crippen LogP contribution < -0.4 is 5.73 Å². The zero-order valence-corrected chi connectivity index (χ0v) is 20.9. The summed E-state index contributed by atoms with van der Waals surface area (Å²) in [5.41, 5.74) is 10.7. The summed E-state index contributed by atoms with van der Waals surface area (Å²) in [6.45, 7) is 5.80. The van der Waals surface area contributed by atoms with E-state index in [1.807, 2.05) is 41.3 Å². The maximum Gasteiger partial charge on any atom is 0.254 e. The van der Waals surface area contributed by atoms with Gasteiger partial charge in [-0.15, -0.1) is 0 Å². The molecule has 2 amide bonds. The zero-order chi connectivity index (χ0) is 25.8. The third-order valence-corrected chi connectivity index (χ3v) is 6.56. The number of likely N-dealkylation sites (tertiary alicyclic amines) is 1. The minimum atomic E-state index is -0.910. The summed E-state index contributed by atoms with van der Waals surface area (Å²) in [5, 5.41) is 19.5. The smallest absolute Gasteiger partial charge is 0.254 e. The van der Waals surface area contributed by atoms with Gasteiger partial charge >= 0.3 is 0 Å². The predicted molar refractivity (Wildman–Crippen MR) is 141 cm³/mol. The van der Waals surface area contributed by atoms with Crippen LogP contribution in [0.2, 0.25) is 0 Å². The van der Waals surface area contributed by atoms with Crippen LogP contribution in [-0.2, 0) is 4.79 Å². The maximum absolute atomic E-state index is 13.2. The fourth-order valence-electron chi connectivity index (χ4n) is 4.69. The van der Waals surface area contributed by atoms with Gasteiger partial charge in [-0.1, -0.05) is 38.1 Å². The van der Waals surface area contributed by atoms with Gasteiger partial charge in [0.15, 0.2) is 0 Å². The molecule has 8 heteroatoms. The summed E-state index contributed by atoms with van der Waals surface area (Å²) in [6, 6.07) is 13.0. The van der Waals surface area contributed by atoms with Crippen molar-refractivity contribution >= 4 is 29.4 Å². The van der Waals surface area contributed by atoms with Crippen LogP contribution in [-0.4, -0.2) is 76.0 Å². The molecule has 0 bridgehead atoms. The van der Waals surface area contributed by atoms with E-state index in [0.717, 1.165) is 29.5 Å². The first-order valence-corrected chi connectivity index (χ1v) is 12.5. The fraction of sp³-hybridized carbons (Fsp3) is 0.393. The second kappa shape index (κ2) is 11.1. The Morgan fingerprint density at radius 3 is 2.22 bits per heavy atom. The number of nitrogens with two attached hydrogens (primary N) is 1. The Balaban J connectivity index is 1.56. The molecule has 1 saturated heterocycles. The minimum Gasteiger partial charge on any atom is -0.388 e. The lowest BCUT2D eigenvalue weighted by atomic mass is 9.99. The Morgan fingerprint density at radius 2 is 1.61 bits per heavy atom. The first kappa shape index (κ1) is 25.6. The third-order valence-electron chi connectivity index (χ3n) is 6.56. The summed E-state index contributed by atoms with van der Waals surface area (Å²) in [7, 11) is 0. The van der Waals surface area contributed by atoms with E-state index in [1.54, 1.807) is 12.1 Å². The topological polar surface area (TPSA) is 119 Å². The highest BCUT2D eigenvalue weighted by atomic mass is 16.3. The van der Waals surface area contributed by atoms with Crippen molar-refractivity contribution in [3.8, 4) is 11.1 Å². The van der Waals surface area contributed by atoms with Crippen LogP contribution in [0.15, 0.2) is 53.0 Å². The normalized spacial score (nSPS) is 19.3. The van der Waals surface area contributed by atoms with Crippen molar-refractivity contribution in [1.82, 2.24) is 9.80 Å². The molecule has 2 heterocycles. The van der Waals surface area contributed by atoms with Crippen molar-refractivity contribution in [2.75, 3.05) is 26.2 Å². The summed E-state index contributed by atoms with van der Waals surface area (Å²) in [4.78, 5) is 33.8. The average Bonchev–Trinajstić information content (AvgIpc) is 3.11. The van der Waals surface area contributed by atoms with Crippen molar-refractivity contribution in [1.29, 1.82) is 0 Å². The molecule has 0 spiro atoms. The number of amidine groups is 1. The van der Waals surface area contributed by atoms with Gasteiger partial charge in [0.05, 0.1) is 17.9 Å². The minimum absolute atomic E-state index is 0.00655. The molecule has 0 aliphatic carbocycles. The van der Waals surface area contributed by atoms with Crippen LogP contribution in [0, 0.1) is 0 Å². The van der Waals surface area contributed by atoms with Gasteiger partial charge in [0.1, 0.15) is 5.84 Å². The summed E-state index contributed by atoms with van der Waals surface area (Å²) < 4.78 is 0. The molecule has 4 rings (SSSR count). The Morgan fingerprint density at radius 1 is 1.00 bits per heavy atom. The highest BCUT2D eigenvalue weighted by Crippen LogP contribution is 2.32. The highest BCUT2D eigenvalue weighted by Gasteiger charge is 2.32. The van der Waals surface area contributed by atoms with Crippen LogP contribution in [0.4, 0.5) is 5.69 Å². The number of hydrogen-bond donors (Lipinski definition) is 3. The first-order chi connectivity index (χ1) is 17.3. The molecule has 36 heavy (non-hydrogen) atoms. The summed E-state index contributed by atoms with van der Waals surface area (Å²) >= 11 is 0. The number of hydrogen-bond acceptors (Lipinski definition) is 6. The van der Waals surface area contributed by atoms with E-state index < -0.39 is 12.2 Å². The lowest BCUT2D eigenvalue weighted by Gasteiger charge is -2.22. The SMILES string of the molecule is CCCN(CCC)C(=O)C1=Cc2ccc(-c3ccc(C(=O)N4C[C@H](O)[C@@H](O)C4)cc3)cc2N=C(N)C1. The lowest BCUT2D eigenvalue weighted by Crippen LogP contribution is -2.34. The number of amides is 2. The Kier molecular flexibility index (Phi) is 7.86. The average molecular weight is 491 g/mol. The van der Waals surface area contributed by atoms with Crippen LogP contribution in [0.1, 0.15) is 49.0 Å². The molecule has 4 N–H and O–H groups in total. The number of aliphatic hydroxyl groups excluding tert-OH is 2. The standard InChI is InChI=1S/C28H34N4O4/c1-3-11-31(12-4-2)28(36)22-13-21-10-9-20(14-23(21)30-26(29)15-22)18-5-7-19(8-6-18)27(35)32-16-24(33)25(34)17-32/h5-10,13-14,24-25,33-34H,3-4,11-12,15-17H2,1-2H3,(H2,29,30)/t24-,25-/m0/s1. The summed E-state index contributed by atoms with van der Waals surface area (Å²) in [5.74, 6) is 0.181. The molecule has 0 unspecified atom stereocenters. The molecule has 8 nitrogen and oxygen atoms in total. The Hall–Kier alpha value is -3.49. The van der Waals surface area contributed by atoms with Crippen molar-refractivity contribution in [3.05, 3.63) is 59.2 Å². The molecule has 2 aliphatic rings. The van der Waals surface area contributed by atoms with E-state index in [0.29, 0.717) is 42.2 Å². The van der Waals surface area contributed by atoms with Gasteiger partial charge in [0.2, 0.25) is 5.91 Å². The van der Waals surface area contributed by atoms with Gasteiger partial charge in [-0.2, -0.15) is 0 Å². The fourth-order valence-corrected chi connectivity index (χ4v) is 4.69. The second-order valence-corrected chi connectivity index (χ2v) is 9.44. The van der Waals surface area contributed by atoms with Gasteiger partial charge in [0, 0.05) is 49.3 Å². The summed E-state index contributed by atoms with van der Waals surface area (Å²) in [6.07, 6.45) is 2.18. The van der Waals surface area contributed by atoms with E-state index in [1.165, 1.54) is 4.90 Å². The molecule has 0 saturated carbocycles. The van der Waals surface area contributed by atoms with E-state index in [-0.39, 0.29) is 24.9 Å². The van der Waals surface area contributed by atoms with Crippen molar-refractivity contribution < 1.29 is 19.8 Å². The van der Waals surface area contributed by atoms with Crippen molar-refractivity contribution in [3.63, 3.8) is 0 Å². The molecule has 0 aromatic heterocycles. The number of aliphatic hydroxyl groups is 2. The van der Waals surface area contributed by atoms with Crippen LogP contribution >= 0.6 is 0 Å². The number of carbonyl (C=O) groups excluding carboxylic acids is 2. The van der Waals surface area contributed by atoms with Crippen LogP contribution in [0.3, 0.4) is 0 Å². The monoisotopic (exact) mass is 490 g/mol. The van der Waals surface area contributed by atoms with E-state index in [9.17, 15) is 19.8 Å². The van der Waals surface area contributed by atoms with Gasteiger partial charge in [-0.05, 0) is 48.2 Å². The molecule has 2 aromatic rings.